The summed E-state index contributed by atoms with van der Waals surface area (Å²) in [6.45, 7) is 0.835. The van der Waals surface area contributed by atoms with Crippen molar-refractivity contribution in [3.8, 4) is 0 Å². The largest absolute Gasteiger partial charge is 0.342 e. The molecule has 0 atom stereocenters. The minimum atomic E-state index is 0.0757. The number of thioether (sulfide) groups is 1. The van der Waals surface area contributed by atoms with Crippen LogP contribution in [0.3, 0.4) is 0 Å². The molecule has 2 aliphatic carbocycles. The Bertz CT molecular complexity index is 681. The zero-order chi connectivity index (χ0) is 20.6. The van der Waals surface area contributed by atoms with Gasteiger partial charge in [-0.15, -0.1) is 11.8 Å². The number of rotatable bonds is 7. The lowest BCUT2D eigenvalue weighted by atomic mass is 9.89. The molecule has 2 saturated carbocycles. The number of amides is 2. The van der Waals surface area contributed by atoms with E-state index in [4.69, 9.17) is 0 Å². The summed E-state index contributed by atoms with van der Waals surface area (Å²) < 4.78 is 0. The normalized spacial score (nSPS) is 18.4. The summed E-state index contributed by atoms with van der Waals surface area (Å²) in [6.07, 6.45) is 12.3. The molecule has 3 rings (SSSR count). The lowest BCUT2D eigenvalue weighted by Gasteiger charge is -2.31. The van der Waals surface area contributed by atoms with E-state index in [-0.39, 0.29) is 11.8 Å². The van der Waals surface area contributed by atoms with Crippen LogP contribution >= 0.6 is 11.8 Å². The Hall–Kier alpha value is -1.49. The van der Waals surface area contributed by atoms with Gasteiger partial charge in [0.15, 0.2) is 0 Å². The lowest BCUT2D eigenvalue weighted by molar-refractivity contribution is -0.129. The maximum absolute atomic E-state index is 13.1. The average Bonchev–Trinajstić information content (AvgIpc) is 2.78. The van der Waals surface area contributed by atoms with E-state index in [1.54, 1.807) is 0 Å². The highest BCUT2D eigenvalue weighted by atomic mass is 32.2. The third-order valence-corrected chi connectivity index (χ3v) is 7.65. The quantitative estimate of drug-likeness (QED) is 0.572. The Morgan fingerprint density at radius 1 is 0.931 bits per heavy atom. The topological polar surface area (TPSA) is 40.6 Å². The van der Waals surface area contributed by atoms with E-state index in [0.717, 1.165) is 29.8 Å². The molecule has 160 valence electrons. The molecule has 4 nitrogen and oxygen atoms in total. The van der Waals surface area contributed by atoms with E-state index < -0.39 is 0 Å². The highest BCUT2D eigenvalue weighted by Crippen LogP contribution is 2.28. The van der Waals surface area contributed by atoms with Gasteiger partial charge < -0.3 is 9.80 Å². The molecule has 0 saturated heterocycles. The van der Waals surface area contributed by atoms with Crippen LogP contribution in [0.25, 0.3) is 0 Å². The summed E-state index contributed by atoms with van der Waals surface area (Å²) in [5, 5.41) is 0. The van der Waals surface area contributed by atoms with E-state index in [1.165, 1.54) is 63.1 Å². The molecule has 0 aromatic heterocycles. The number of hydrogen-bond acceptors (Lipinski definition) is 3. The van der Waals surface area contributed by atoms with Crippen LogP contribution in [0, 0.1) is 5.92 Å². The van der Waals surface area contributed by atoms with Gasteiger partial charge in [0.05, 0.1) is 11.3 Å². The Kier molecular flexibility index (Phi) is 8.46. The van der Waals surface area contributed by atoms with Crippen molar-refractivity contribution in [1.82, 2.24) is 9.80 Å². The van der Waals surface area contributed by atoms with Gasteiger partial charge in [-0.3, -0.25) is 9.59 Å². The zero-order valence-electron chi connectivity index (χ0n) is 18.1. The Balaban J connectivity index is 1.57. The maximum atomic E-state index is 13.1. The molecule has 0 aliphatic heterocycles. The number of nitrogens with zero attached hydrogens (tertiary/aromatic N) is 2. The molecule has 0 unspecified atom stereocenters. The van der Waals surface area contributed by atoms with E-state index in [0.29, 0.717) is 17.7 Å². The van der Waals surface area contributed by atoms with Crippen molar-refractivity contribution < 1.29 is 9.59 Å². The van der Waals surface area contributed by atoms with Crippen molar-refractivity contribution >= 4 is 23.6 Å². The number of benzene rings is 1. The Morgan fingerprint density at radius 2 is 1.55 bits per heavy atom. The van der Waals surface area contributed by atoms with Gasteiger partial charge in [-0.05, 0) is 43.7 Å². The second-order valence-electron chi connectivity index (χ2n) is 8.77. The van der Waals surface area contributed by atoms with E-state index in [2.05, 4.69) is 0 Å². The van der Waals surface area contributed by atoms with Crippen molar-refractivity contribution in [1.29, 1.82) is 0 Å². The highest BCUT2D eigenvalue weighted by molar-refractivity contribution is 8.00. The smallest absolute Gasteiger partial charge is 0.254 e. The van der Waals surface area contributed by atoms with Crippen molar-refractivity contribution in [3.05, 3.63) is 29.8 Å². The molecule has 0 bridgehead atoms. The molecule has 5 heteroatoms. The van der Waals surface area contributed by atoms with Crippen LogP contribution in [0.4, 0.5) is 0 Å². The molecular formula is C24H36N2O2S. The van der Waals surface area contributed by atoms with Gasteiger partial charge in [-0.1, -0.05) is 50.7 Å². The van der Waals surface area contributed by atoms with Gasteiger partial charge in [-0.25, -0.2) is 0 Å². The molecule has 29 heavy (non-hydrogen) atoms. The highest BCUT2D eigenvalue weighted by Gasteiger charge is 2.24. The van der Waals surface area contributed by atoms with Gasteiger partial charge in [0.25, 0.3) is 5.91 Å². The number of carbonyl (C=O) groups is 2. The molecule has 0 N–H and O–H groups in total. The predicted molar refractivity (Wildman–Crippen MR) is 120 cm³/mol. The predicted octanol–water partition coefficient (Wildman–Crippen LogP) is 5.22. The Labute approximate surface area is 180 Å². The van der Waals surface area contributed by atoms with Crippen LogP contribution in [-0.4, -0.2) is 54.0 Å². The SMILES string of the molecule is CN(CC1CCCCC1)C(=O)c1ccccc1SCC(=O)N(C)C1CCCCC1. The summed E-state index contributed by atoms with van der Waals surface area (Å²) in [7, 11) is 3.86. The summed E-state index contributed by atoms with van der Waals surface area (Å²) in [5.41, 5.74) is 0.726. The van der Waals surface area contributed by atoms with Crippen molar-refractivity contribution in [2.45, 2.75) is 75.1 Å². The van der Waals surface area contributed by atoms with Gasteiger partial charge in [-0.2, -0.15) is 0 Å². The molecular weight excluding hydrogens is 380 g/mol. The van der Waals surface area contributed by atoms with Gasteiger partial charge in [0.2, 0.25) is 5.91 Å². The van der Waals surface area contributed by atoms with Crippen LogP contribution in [-0.2, 0) is 4.79 Å². The fourth-order valence-electron chi connectivity index (χ4n) is 4.73. The second-order valence-corrected chi connectivity index (χ2v) is 9.79. The molecule has 0 radical (unpaired) electrons. The van der Waals surface area contributed by atoms with Crippen LogP contribution < -0.4 is 0 Å². The zero-order valence-corrected chi connectivity index (χ0v) is 18.9. The van der Waals surface area contributed by atoms with Crippen LogP contribution in [0.1, 0.15) is 74.6 Å². The van der Waals surface area contributed by atoms with Gasteiger partial charge >= 0.3 is 0 Å². The molecule has 2 aliphatic rings. The number of hydrogen-bond donors (Lipinski definition) is 0. The van der Waals surface area contributed by atoms with Crippen molar-refractivity contribution in [2.75, 3.05) is 26.4 Å². The summed E-state index contributed by atoms with van der Waals surface area (Å²) in [5.74, 6) is 1.26. The summed E-state index contributed by atoms with van der Waals surface area (Å²) >= 11 is 1.50. The van der Waals surface area contributed by atoms with Gasteiger partial charge in [0, 0.05) is 31.6 Å². The number of carbonyl (C=O) groups excluding carboxylic acids is 2. The summed E-state index contributed by atoms with van der Waals surface area (Å²) in [6, 6.07) is 8.13. The first-order valence-corrected chi connectivity index (χ1v) is 12.3. The van der Waals surface area contributed by atoms with Crippen molar-refractivity contribution in [2.24, 2.45) is 5.92 Å². The fourth-order valence-corrected chi connectivity index (χ4v) is 5.70. The van der Waals surface area contributed by atoms with Crippen LogP contribution in [0.2, 0.25) is 0 Å². The first-order valence-electron chi connectivity index (χ1n) is 11.3. The first kappa shape index (κ1) is 22.2. The first-order chi connectivity index (χ1) is 14.1. The van der Waals surface area contributed by atoms with Crippen molar-refractivity contribution in [3.63, 3.8) is 0 Å². The fraction of sp³-hybridized carbons (Fsp3) is 0.667. The molecule has 0 spiro atoms. The Morgan fingerprint density at radius 3 is 2.24 bits per heavy atom. The maximum Gasteiger partial charge on any atom is 0.254 e. The van der Waals surface area contributed by atoms with Crippen LogP contribution in [0.5, 0.6) is 0 Å². The van der Waals surface area contributed by atoms with E-state index in [1.807, 2.05) is 48.2 Å². The van der Waals surface area contributed by atoms with Gasteiger partial charge in [0.1, 0.15) is 0 Å². The van der Waals surface area contributed by atoms with Crippen LogP contribution in [0.15, 0.2) is 29.2 Å². The van der Waals surface area contributed by atoms with E-state index in [9.17, 15) is 9.59 Å². The standard InChI is InChI=1S/C24H36N2O2S/c1-25(17-19-11-5-3-6-12-19)24(28)21-15-9-10-16-22(21)29-18-23(27)26(2)20-13-7-4-8-14-20/h9-10,15-16,19-20H,3-8,11-14,17-18H2,1-2H3. The lowest BCUT2D eigenvalue weighted by Crippen LogP contribution is -2.39. The summed E-state index contributed by atoms with van der Waals surface area (Å²) in [4.78, 5) is 30.5. The average molecular weight is 417 g/mol. The minimum absolute atomic E-state index is 0.0757. The molecule has 2 fully saturated rings. The third-order valence-electron chi connectivity index (χ3n) is 6.59. The molecule has 1 aromatic rings. The molecule has 2 amide bonds. The monoisotopic (exact) mass is 416 g/mol. The second kappa shape index (κ2) is 11.1. The molecule has 1 aromatic carbocycles. The minimum Gasteiger partial charge on any atom is -0.342 e. The van der Waals surface area contributed by atoms with E-state index >= 15 is 0 Å². The molecule has 0 heterocycles. The third kappa shape index (κ3) is 6.24.